The Morgan fingerprint density at radius 1 is 1.05 bits per heavy atom. The maximum absolute atomic E-state index is 3.76. The van der Waals surface area contributed by atoms with Crippen LogP contribution in [-0.4, -0.2) is 37.1 Å². The van der Waals surface area contributed by atoms with Gasteiger partial charge in [0.1, 0.15) is 0 Å². The van der Waals surface area contributed by atoms with Crippen molar-refractivity contribution in [1.29, 1.82) is 0 Å². The summed E-state index contributed by atoms with van der Waals surface area (Å²) >= 11 is 0. The van der Waals surface area contributed by atoms with Crippen LogP contribution in [0.3, 0.4) is 0 Å². The molecule has 1 heterocycles. The Balaban J connectivity index is 2.40. The van der Waals surface area contributed by atoms with Crippen molar-refractivity contribution in [3.05, 3.63) is 0 Å². The van der Waals surface area contributed by atoms with Gasteiger partial charge in [0.15, 0.2) is 0 Å². The number of nitrogens with one attached hydrogen (secondary N) is 1. The van der Waals surface area contributed by atoms with Gasteiger partial charge < -0.3 is 10.2 Å². The first-order valence-corrected chi connectivity index (χ1v) is 9.32. The van der Waals surface area contributed by atoms with E-state index >= 15 is 0 Å². The Morgan fingerprint density at radius 3 is 2.05 bits per heavy atom. The van der Waals surface area contributed by atoms with Crippen LogP contribution in [0.15, 0.2) is 0 Å². The molecule has 0 spiro atoms. The second kappa shape index (κ2) is 8.53. The van der Waals surface area contributed by atoms with E-state index in [0.717, 1.165) is 6.54 Å². The fraction of sp³-hybridized carbons (Fsp3) is 1.00. The minimum absolute atomic E-state index is 0.363. The van der Waals surface area contributed by atoms with E-state index in [1.165, 1.54) is 58.2 Å². The van der Waals surface area contributed by atoms with Gasteiger partial charge >= 0.3 is 0 Å². The molecule has 0 aliphatic carbocycles. The number of hydrogen-bond donors (Lipinski definition) is 1. The average Bonchev–Trinajstić information content (AvgIpc) is 2.46. The van der Waals surface area contributed by atoms with Gasteiger partial charge in [-0.25, -0.2) is 0 Å². The van der Waals surface area contributed by atoms with E-state index in [1.807, 2.05) is 0 Å². The highest BCUT2D eigenvalue weighted by Crippen LogP contribution is 2.38. The van der Waals surface area contributed by atoms with Crippen molar-refractivity contribution >= 4 is 0 Å². The van der Waals surface area contributed by atoms with E-state index < -0.39 is 0 Å². The number of hydrogen-bond acceptors (Lipinski definition) is 2. The molecule has 0 bridgehead atoms. The number of piperidine rings is 1. The number of nitrogens with zero attached hydrogens (tertiary/aromatic N) is 1. The third-order valence-corrected chi connectivity index (χ3v) is 5.84. The van der Waals surface area contributed by atoms with Crippen molar-refractivity contribution in [3.63, 3.8) is 0 Å². The first-order chi connectivity index (χ1) is 9.87. The fourth-order valence-electron chi connectivity index (χ4n) is 3.68. The highest BCUT2D eigenvalue weighted by molar-refractivity contribution is 4.86. The molecular weight excluding hydrogens is 256 g/mol. The smallest absolute Gasteiger partial charge is 0.0128 e. The second-order valence-electron chi connectivity index (χ2n) is 8.21. The summed E-state index contributed by atoms with van der Waals surface area (Å²) in [6.07, 6.45) is 8.05. The van der Waals surface area contributed by atoms with Gasteiger partial charge in [-0.15, -0.1) is 0 Å². The van der Waals surface area contributed by atoms with E-state index in [1.54, 1.807) is 0 Å². The molecule has 1 unspecified atom stereocenters. The molecule has 21 heavy (non-hydrogen) atoms. The Hall–Kier alpha value is -0.0800. The monoisotopic (exact) mass is 296 g/mol. The Labute approximate surface area is 134 Å². The topological polar surface area (TPSA) is 15.3 Å². The second-order valence-corrected chi connectivity index (χ2v) is 8.21. The molecule has 126 valence electrons. The minimum Gasteiger partial charge on any atom is -0.313 e. The zero-order chi connectivity index (χ0) is 15.9. The largest absolute Gasteiger partial charge is 0.313 e. The molecule has 0 aromatic rings. The van der Waals surface area contributed by atoms with Crippen molar-refractivity contribution in [1.82, 2.24) is 10.2 Å². The quantitative estimate of drug-likeness (QED) is 0.699. The molecule has 0 aromatic heterocycles. The predicted molar refractivity (Wildman–Crippen MR) is 94.8 cm³/mol. The van der Waals surface area contributed by atoms with Crippen molar-refractivity contribution in [2.45, 2.75) is 86.1 Å². The van der Waals surface area contributed by atoms with Gasteiger partial charge in [0, 0.05) is 6.04 Å². The molecule has 0 amide bonds. The summed E-state index contributed by atoms with van der Waals surface area (Å²) in [7, 11) is 0. The molecule has 1 aliphatic rings. The van der Waals surface area contributed by atoms with Gasteiger partial charge in [0.05, 0.1) is 0 Å². The van der Waals surface area contributed by atoms with Crippen molar-refractivity contribution < 1.29 is 0 Å². The Morgan fingerprint density at radius 2 is 1.62 bits per heavy atom. The molecule has 1 fully saturated rings. The standard InChI is InChI=1S/C19H40N2/c1-7-13-20-17(18(4,5)6)10-14-21-15-11-19(8-2,9-3)12-16-21/h17,20H,7-16H2,1-6H3. The van der Waals surface area contributed by atoms with Crippen LogP contribution in [0.5, 0.6) is 0 Å². The molecule has 0 aromatic carbocycles. The maximum Gasteiger partial charge on any atom is 0.0128 e. The van der Waals surface area contributed by atoms with Gasteiger partial charge in [0.2, 0.25) is 0 Å². The zero-order valence-corrected chi connectivity index (χ0v) is 15.6. The molecule has 1 saturated heterocycles. The Kier molecular flexibility index (Phi) is 7.70. The first-order valence-electron chi connectivity index (χ1n) is 9.32. The van der Waals surface area contributed by atoms with E-state index in [4.69, 9.17) is 0 Å². The van der Waals surface area contributed by atoms with Crippen molar-refractivity contribution in [3.8, 4) is 0 Å². The van der Waals surface area contributed by atoms with Gasteiger partial charge in [-0.1, -0.05) is 54.4 Å². The molecular formula is C19H40N2. The molecule has 0 radical (unpaired) electrons. The van der Waals surface area contributed by atoms with Crippen LogP contribution in [0.4, 0.5) is 0 Å². The summed E-state index contributed by atoms with van der Waals surface area (Å²) in [5.74, 6) is 0. The highest BCUT2D eigenvalue weighted by atomic mass is 15.1. The van der Waals surface area contributed by atoms with Crippen LogP contribution in [-0.2, 0) is 0 Å². The van der Waals surface area contributed by atoms with E-state index in [2.05, 4.69) is 51.8 Å². The fourth-order valence-corrected chi connectivity index (χ4v) is 3.68. The lowest BCUT2D eigenvalue weighted by Crippen LogP contribution is -2.45. The van der Waals surface area contributed by atoms with Crippen LogP contribution in [0.25, 0.3) is 0 Å². The first kappa shape index (κ1) is 19.0. The third-order valence-electron chi connectivity index (χ3n) is 5.84. The summed E-state index contributed by atoms with van der Waals surface area (Å²) in [6, 6.07) is 0.640. The number of likely N-dealkylation sites (tertiary alicyclic amines) is 1. The Bertz CT molecular complexity index is 266. The van der Waals surface area contributed by atoms with E-state index in [0.29, 0.717) is 16.9 Å². The van der Waals surface area contributed by atoms with Crippen LogP contribution >= 0.6 is 0 Å². The third kappa shape index (κ3) is 5.90. The van der Waals surface area contributed by atoms with Crippen LogP contribution in [0.2, 0.25) is 0 Å². The lowest BCUT2D eigenvalue weighted by atomic mass is 9.74. The normalized spacial score (nSPS) is 21.4. The van der Waals surface area contributed by atoms with Crippen molar-refractivity contribution in [2.24, 2.45) is 10.8 Å². The summed E-state index contributed by atoms with van der Waals surface area (Å²) in [5, 5.41) is 3.76. The van der Waals surface area contributed by atoms with Gasteiger partial charge in [-0.3, -0.25) is 0 Å². The highest BCUT2D eigenvalue weighted by Gasteiger charge is 2.31. The summed E-state index contributed by atoms with van der Waals surface area (Å²) in [4.78, 5) is 2.70. The average molecular weight is 297 g/mol. The molecule has 1 N–H and O–H groups in total. The van der Waals surface area contributed by atoms with E-state index in [-0.39, 0.29) is 0 Å². The van der Waals surface area contributed by atoms with Crippen LogP contribution in [0.1, 0.15) is 80.1 Å². The van der Waals surface area contributed by atoms with Gasteiger partial charge in [-0.2, -0.15) is 0 Å². The van der Waals surface area contributed by atoms with Crippen LogP contribution in [0, 0.1) is 10.8 Å². The summed E-state index contributed by atoms with van der Waals surface area (Å²) in [5.41, 5.74) is 1.02. The van der Waals surface area contributed by atoms with E-state index in [9.17, 15) is 0 Å². The molecule has 2 heteroatoms. The lowest BCUT2D eigenvalue weighted by molar-refractivity contribution is 0.0880. The van der Waals surface area contributed by atoms with Gasteiger partial charge in [-0.05, 0) is 62.7 Å². The SMILES string of the molecule is CCCNC(CCN1CCC(CC)(CC)CC1)C(C)(C)C. The maximum atomic E-state index is 3.76. The summed E-state index contributed by atoms with van der Waals surface area (Å²) < 4.78 is 0. The molecule has 1 rings (SSSR count). The van der Waals surface area contributed by atoms with Crippen molar-refractivity contribution in [2.75, 3.05) is 26.2 Å². The predicted octanol–water partition coefficient (Wildman–Crippen LogP) is 4.69. The molecule has 1 atom stereocenters. The molecule has 1 aliphatic heterocycles. The lowest BCUT2D eigenvalue weighted by Gasteiger charge is -2.42. The summed E-state index contributed by atoms with van der Waals surface area (Å²) in [6.45, 7) is 19.2. The molecule has 2 nitrogen and oxygen atoms in total. The number of rotatable bonds is 8. The minimum atomic E-state index is 0.363. The zero-order valence-electron chi connectivity index (χ0n) is 15.6. The van der Waals surface area contributed by atoms with Crippen LogP contribution < -0.4 is 5.32 Å². The van der Waals surface area contributed by atoms with Gasteiger partial charge in [0.25, 0.3) is 0 Å². The molecule has 0 saturated carbocycles.